The number of carbonyl (C=O) groups is 1. The smallest absolute Gasteiger partial charge is 0.254 e. The molecule has 0 saturated heterocycles. The van der Waals surface area contributed by atoms with Crippen molar-refractivity contribution in [3.05, 3.63) is 41.2 Å². The van der Waals surface area contributed by atoms with Crippen LogP contribution in [0.2, 0.25) is 0 Å². The fraction of sp³-hybridized carbons (Fsp3) is 0.308. The minimum absolute atomic E-state index is 0.0226. The molecular formula is C13H15FN2O. The van der Waals surface area contributed by atoms with Gasteiger partial charge < -0.3 is 11.1 Å². The summed E-state index contributed by atoms with van der Waals surface area (Å²) in [5, 5.41) is 2.79. The number of nitrogen functional groups attached to an aromatic ring is 1. The number of aryl methyl sites for hydroxylation is 1. The van der Waals surface area contributed by atoms with Crippen LogP contribution in [0.25, 0.3) is 0 Å². The van der Waals surface area contributed by atoms with E-state index in [0.717, 1.165) is 12.8 Å². The Labute approximate surface area is 99.5 Å². The Morgan fingerprint density at radius 1 is 1.41 bits per heavy atom. The molecule has 0 radical (unpaired) electrons. The summed E-state index contributed by atoms with van der Waals surface area (Å²) < 4.78 is 13.8. The third-order valence-corrected chi connectivity index (χ3v) is 2.86. The van der Waals surface area contributed by atoms with Crippen LogP contribution >= 0.6 is 0 Å². The van der Waals surface area contributed by atoms with Crippen molar-refractivity contribution in [3.63, 3.8) is 0 Å². The standard InChI is InChI=1S/C13H15FN2O/c1-8-6-9(15)7-11(12(8)14)13(17)16-10-4-2-3-5-10/h2-3,6-7,10H,4-5,15H2,1H3,(H,16,17). The van der Waals surface area contributed by atoms with Gasteiger partial charge in [0.1, 0.15) is 5.82 Å². The molecule has 1 aliphatic rings. The van der Waals surface area contributed by atoms with E-state index < -0.39 is 11.7 Å². The number of nitrogens with one attached hydrogen (secondary N) is 1. The number of anilines is 1. The van der Waals surface area contributed by atoms with E-state index in [9.17, 15) is 9.18 Å². The average molecular weight is 234 g/mol. The fourth-order valence-corrected chi connectivity index (χ4v) is 1.96. The van der Waals surface area contributed by atoms with E-state index in [-0.39, 0.29) is 11.6 Å². The van der Waals surface area contributed by atoms with Gasteiger partial charge in [0, 0.05) is 11.7 Å². The van der Waals surface area contributed by atoms with E-state index in [2.05, 4.69) is 5.32 Å². The summed E-state index contributed by atoms with van der Waals surface area (Å²) in [5.41, 5.74) is 6.43. The van der Waals surface area contributed by atoms with Crippen LogP contribution in [-0.2, 0) is 0 Å². The summed E-state index contributed by atoms with van der Waals surface area (Å²) in [4.78, 5) is 11.9. The first-order chi connectivity index (χ1) is 8.08. The molecule has 1 aromatic carbocycles. The molecule has 0 aromatic heterocycles. The van der Waals surface area contributed by atoms with Crippen molar-refractivity contribution < 1.29 is 9.18 Å². The Kier molecular flexibility index (Phi) is 3.13. The number of carbonyl (C=O) groups excluding carboxylic acids is 1. The van der Waals surface area contributed by atoms with Crippen LogP contribution in [0.15, 0.2) is 24.3 Å². The van der Waals surface area contributed by atoms with Gasteiger partial charge in [-0.3, -0.25) is 4.79 Å². The number of rotatable bonds is 2. The zero-order valence-corrected chi connectivity index (χ0v) is 9.66. The third kappa shape index (κ3) is 2.46. The zero-order valence-electron chi connectivity index (χ0n) is 9.66. The predicted octanol–water partition coefficient (Wildman–Crippen LogP) is 2.16. The lowest BCUT2D eigenvalue weighted by atomic mass is 10.1. The largest absolute Gasteiger partial charge is 0.399 e. The maximum Gasteiger partial charge on any atom is 0.254 e. The van der Waals surface area contributed by atoms with Gasteiger partial charge in [0.15, 0.2) is 0 Å². The summed E-state index contributed by atoms with van der Waals surface area (Å²) in [6.07, 6.45) is 5.61. The lowest BCUT2D eigenvalue weighted by Crippen LogP contribution is -2.33. The molecule has 1 aromatic rings. The second kappa shape index (κ2) is 4.57. The van der Waals surface area contributed by atoms with Crippen molar-refractivity contribution in [1.29, 1.82) is 0 Å². The molecule has 3 N–H and O–H groups in total. The van der Waals surface area contributed by atoms with Crippen LogP contribution in [0.3, 0.4) is 0 Å². The molecule has 0 unspecified atom stereocenters. The van der Waals surface area contributed by atoms with Gasteiger partial charge in [-0.2, -0.15) is 0 Å². The highest BCUT2D eigenvalue weighted by Gasteiger charge is 2.18. The van der Waals surface area contributed by atoms with E-state index >= 15 is 0 Å². The molecule has 0 saturated carbocycles. The maximum absolute atomic E-state index is 13.8. The summed E-state index contributed by atoms with van der Waals surface area (Å²) in [7, 11) is 0. The van der Waals surface area contributed by atoms with Gasteiger partial charge in [-0.1, -0.05) is 12.2 Å². The van der Waals surface area contributed by atoms with Crippen molar-refractivity contribution in [2.75, 3.05) is 5.73 Å². The summed E-state index contributed by atoms with van der Waals surface area (Å²) in [5.74, 6) is -0.894. The zero-order chi connectivity index (χ0) is 12.4. The monoisotopic (exact) mass is 234 g/mol. The molecule has 90 valence electrons. The van der Waals surface area contributed by atoms with Gasteiger partial charge in [0.25, 0.3) is 5.91 Å². The quantitative estimate of drug-likeness (QED) is 0.608. The molecule has 0 atom stereocenters. The van der Waals surface area contributed by atoms with Crippen LogP contribution in [0.5, 0.6) is 0 Å². The lowest BCUT2D eigenvalue weighted by molar-refractivity contribution is 0.0935. The van der Waals surface area contributed by atoms with Crippen molar-refractivity contribution in [2.45, 2.75) is 25.8 Å². The van der Waals surface area contributed by atoms with E-state index in [1.54, 1.807) is 6.92 Å². The van der Waals surface area contributed by atoms with E-state index in [1.165, 1.54) is 12.1 Å². The number of hydrogen-bond acceptors (Lipinski definition) is 2. The molecule has 17 heavy (non-hydrogen) atoms. The molecule has 2 rings (SSSR count). The first-order valence-electron chi connectivity index (χ1n) is 5.59. The highest BCUT2D eigenvalue weighted by atomic mass is 19.1. The molecule has 0 heterocycles. The highest BCUT2D eigenvalue weighted by molar-refractivity contribution is 5.95. The van der Waals surface area contributed by atoms with Crippen molar-refractivity contribution in [2.24, 2.45) is 0 Å². The maximum atomic E-state index is 13.8. The molecule has 0 bridgehead atoms. The van der Waals surface area contributed by atoms with E-state index in [1.807, 2.05) is 12.2 Å². The lowest BCUT2D eigenvalue weighted by Gasteiger charge is -2.13. The summed E-state index contributed by atoms with van der Waals surface area (Å²) in [6, 6.07) is 2.96. The minimum atomic E-state index is -0.498. The average Bonchev–Trinajstić information content (AvgIpc) is 2.76. The van der Waals surface area contributed by atoms with Crippen LogP contribution < -0.4 is 11.1 Å². The Morgan fingerprint density at radius 2 is 2.06 bits per heavy atom. The Bertz CT molecular complexity index is 475. The number of nitrogens with two attached hydrogens (primary N) is 1. The van der Waals surface area contributed by atoms with Crippen LogP contribution in [-0.4, -0.2) is 11.9 Å². The number of halogens is 1. The number of amides is 1. The molecule has 0 fully saturated rings. The third-order valence-electron chi connectivity index (χ3n) is 2.86. The second-order valence-corrected chi connectivity index (χ2v) is 4.31. The normalized spacial score (nSPS) is 15.2. The second-order valence-electron chi connectivity index (χ2n) is 4.31. The first kappa shape index (κ1) is 11.6. The molecule has 0 spiro atoms. The first-order valence-corrected chi connectivity index (χ1v) is 5.59. The SMILES string of the molecule is Cc1cc(N)cc(C(=O)NC2CC=CC2)c1F. The van der Waals surface area contributed by atoms with Crippen LogP contribution in [0.1, 0.15) is 28.8 Å². The van der Waals surface area contributed by atoms with Gasteiger partial charge in [0.2, 0.25) is 0 Å². The topological polar surface area (TPSA) is 55.1 Å². The van der Waals surface area contributed by atoms with Crippen LogP contribution in [0.4, 0.5) is 10.1 Å². The van der Waals surface area contributed by atoms with Gasteiger partial charge in [0.05, 0.1) is 5.56 Å². The summed E-state index contributed by atoms with van der Waals surface area (Å²) in [6.45, 7) is 1.60. The highest BCUT2D eigenvalue weighted by Crippen LogP contribution is 2.18. The van der Waals surface area contributed by atoms with Crippen molar-refractivity contribution >= 4 is 11.6 Å². The molecule has 1 amide bonds. The van der Waals surface area contributed by atoms with E-state index in [4.69, 9.17) is 5.73 Å². The van der Waals surface area contributed by atoms with Crippen molar-refractivity contribution in [3.8, 4) is 0 Å². The molecule has 1 aliphatic carbocycles. The minimum Gasteiger partial charge on any atom is -0.399 e. The van der Waals surface area contributed by atoms with Gasteiger partial charge in [-0.15, -0.1) is 0 Å². The Morgan fingerprint density at radius 3 is 2.71 bits per heavy atom. The van der Waals surface area contributed by atoms with E-state index in [0.29, 0.717) is 11.3 Å². The number of benzene rings is 1. The summed E-state index contributed by atoms with van der Waals surface area (Å²) >= 11 is 0. The van der Waals surface area contributed by atoms with Gasteiger partial charge in [-0.05, 0) is 37.5 Å². The Balaban J connectivity index is 2.18. The Hall–Kier alpha value is -1.84. The molecular weight excluding hydrogens is 219 g/mol. The van der Waals surface area contributed by atoms with Crippen LogP contribution in [0, 0.1) is 12.7 Å². The fourth-order valence-electron chi connectivity index (χ4n) is 1.96. The molecule has 0 aliphatic heterocycles. The van der Waals surface area contributed by atoms with Crippen molar-refractivity contribution in [1.82, 2.24) is 5.32 Å². The number of hydrogen-bond donors (Lipinski definition) is 2. The van der Waals surface area contributed by atoms with Gasteiger partial charge >= 0.3 is 0 Å². The molecule has 4 heteroatoms. The van der Waals surface area contributed by atoms with Gasteiger partial charge in [-0.25, -0.2) is 4.39 Å². The molecule has 3 nitrogen and oxygen atoms in total. The predicted molar refractivity (Wildman–Crippen MR) is 65.2 cm³/mol.